The molecule has 0 aliphatic heterocycles. The molecule has 1 aliphatic rings. The lowest BCUT2D eigenvalue weighted by molar-refractivity contribution is -0.116. The van der Waals surface area contributed by atoms with Crippen molar-refractivity contribution in [2.75, 3.05) is 23.1 Å². The van der Waals surface area contributed by atoms with E-state index in [1.807, 2.05) is 12.1 Å². The third-order valence-corrected chi connectivity index (χ3v) is 10.1. The van der Waals surface area contributed by atoms with Crippen LogP contribution in [0, 0.1) is 0 Å². The van der Waals surface area contributed by atoms with E-state index in [4.69, 9.17) is 0 Å². The summed E-state index contributed by atoms with van der Waals surface area (Å²) in [4.78, 5) is 25.4. The van der Waals surface area contributed by atoms with Gasteiger partial charge < -0.3 is 10.6 Å². The van der Waals surface area contributed by atoms with Crippen molar-refractivity contribution in [3.63, 3.8) is 0 Å². The van der Waals surface area contributed by atoms with Crippen molar-refractivity contribution in [1.82, 2.24) is 20.4 Å². The summed E-state index contributed by atoms with van der Waals surface area (Å²) in [6.07, 6.45) is 6.11. The molecule has 2 aromatic carbocycles. The van der Waals surface area contributed by atoms with Crippen LogP contribution in [0.3, 0.4) is 0 Å². The highest BCUT2D eigenvalue weighted by atomic mass is 32.2. The molecule has 0 bridgehead atoms. The highest BCUT2D eigenvalue weighted by Gasteiger charge is 2.27. The summed E-state index contributed by atoms with van der Waals surface area (Å²) < 4.78 is 46.5. The van der Waals surface area contributed by atoms with E-state index in [1.165, 1.54) is 24.3 Å². The molecule has 2 amide bonds. The SMILES string of the molecule is CS(=O)(=O)c1ccc(CC(=O)Nc2ccc([C@H]3CCC[C@H](c4ccc(NC(=O)Cc5ccc(S(C)(=O)=O)cc5)nn4)C3)nn2)cc1. The number of nitrogens with zero attached hydrogens (tertiary/aromatic N) is 4. The van der Waals surface area contributed by atoms with Crippen molar-refractivity contribution in [2.45, 2.75) is 60.2 Å². The summed E-state index contributed by atoms with van der Waals surface area (Å²) in [5.41, 5.74) is 3.03. The number of nitrogens with one attached hydrogen (secondary N) is 2. The second kappa shape index (κ2) is 13.8. The minimum Gasteiger partial charge on any atom is -0.309 e. The van der Waals surface area contributed by atoms with Crippen molar-refractivity contribution < 1.29 is 26.4 Å². The second-order valence-corrected chi connectivity index (χ2v) is 15.6. The van der Waals surface area contributed by atoms with E-state index in [2.05, 4.69) is 31.0 Å². The molecule has 2 aromatic heterocycles. The van der Waals surface area contributed by atoms with Crippen LogP contribution in [0.4, 0.5) is 11.6 Å². The largest absolute Gasteiger partial charge is 0.309 e. The van der Waals surface area contributed by atoms with Crippen LogP contribution in [-0.2, 0) is 42.1 Å². The Morgan fingerprint density at radius 2 is 1.00 bits per heavy atom. The Labute approximate surface area is 267 Å². The maximum absolute atomic E-state index is 12.5. The third-order valence-electron chi connectivity index (χ3n) is 7.85. The zero-order valence-corrected chi connectivity index (χ0v) is 27.0. The maximum Gasteiger partial charge on any atom is 0.229 e. The predicted molar refractivity (Wildman–Crippen MR) is 172 cm³/mol. The quantitative estimate of drug-likeness (QED) is 0.253. The molecule has 2 N–H and O–H groups in total. The van der Waals surface area contributed by atoms with Crippen molar-refractivity contribution in [3.8, 4) is 0 Å². The molecule has 0 saturated heterocycles. The van der Waals surface area contributed by atoms with Crippen LogP contribution in [0.15, 0.2) is 82.6 Å². The van der Waals surface area contributed by atoms with Gasteiger partial charge in [-0.15, -0.1) is 10.2 Å². The number of hydrogen-bond acceptors (Lipinski definition) is 10. The standard InChI is InChI=1S/C32H34N6O6S2/c1-45(41,42)25-10-6-21(7-11-25)18-31(39)33-29-16-14-27(35-37-29)23-4-3-5-24(20-23)28-15-17-30(38-36-28)34-32(40)19-22-8-12-26(13-9-22)46(2,43)44/h6-17,23-24H,3-5,18-20H2,1-2H3,(H,33,37,39)(H,34,38,40)/t23-,24-/m0/s1. The molecule has 14 heteroatoms. The Bertz CT molecular complexity index is 1770. The van der Waals surface area contributed by atoms with E-state index in [-0.39, 0.29) is 46.3 Å². The smallest absolute Gasteiger partial charge is 0.229 e. The van der Waals surface area contributed by atoms with Crippen LogP contribution < -0.4 is 10.6 Å². The molecule has 12 nitrogen and oxygen atoms in total. The molecule has 240 valence electrons. The summed E-state index contributed by atoms with van der Waals surface area (Å²) >= 11 is 0. The van der Waals surface area contributed by atoms with Gasteiger partial charge in [-0.25, -0.2) is 16.8 Å². The highest BCUT2D eigenvalue weighted by Crippen LogP contribution is 2.40. The van der Waals surface area contributed by atoms with Gasteiger partial charge in [0.25, 0.3) is 0 Å². The van der Waals surface area contributed by atoms with Crippen LogP contribution in [-0.4, -0.2) is 61.6 Å². The number of benzene rings is 2. The van der Waals surface area contributed by atoms with Crippen LogP contribution in [0.2, 0.25) is 0 Å². The number of carbonyl (C=O) groups is 2. The molecule has 2 heterocycles. The lowest BCUT2D eigenvalue weighted by Gasteiger charge is -2.28. The van der Waals surface area contributed by atoms with Crippen LogP contribution in [0.25, 0.3) is 0 Å². The Kier molecular flexibility index (Phi) is 9.87. The molecule has 0 spiro atoms. The second-order valence-electron chi connectivity index (χ2n) is 11.5. The number of amides is 2. The normalized spacial score (nSPS) is 16.8. The molecule has 0 radical (unpaired) electrons. The molecule has 1 fully saturated rings. The zero-order chi connectivity index (χ0) is 32.9. The Morgan fingerprint density at radius 1 is 0.609 bits per heavy atom. The average Bonchev–Trinajstić information content (AvgIpc) is 3.01. The third kappa shape index (κ3) is 8.79. The van der Waals surface area contributed by atoms with Crippen molar-refractivity contribution in [1.29, 1.82) is 0 Å². The molecule has 0 unspecified atom stereocenters. The van der Waals surface area contributed by atoms with Crippen LogP contribution in [0.5, 0.6) is 0 Å². The van der Waals surface area contributed by atoms with Gasteiger partial charge in [-0.2, -0.15) is 10.2 Å². The van der Waals surface area contributed by atoms with E-state index in [9.17, 15) is 26.4 Å². The van der Waals surface area contributed by atoms with E-state index in [0.717, 1.165) is 49.6 Å². The summed E-state index contributed by atoms with van der Waals surface area (Å²) in [5, 5.41) is 22.7. The first-order valence-electron chi connectivity index (χ1n) is 14.7. The minimum atomic E-state index is -3.30. The number of aromatic nitrogens is 4. The topological polar surface area (TPSA) is 178 Å². The van der Waals surface area contributed by atoms with Gasteiger partial charge in [-0.1, -0.05) is 30.7 Å². The van der Waals surface area contributed by atoms with E-state index >= 15 is 0 Å². The lowest BCUT2D eigenvalue weighted by atomic mass is 9.78. The van der Waals surface area contributed by atoms with Gasteiger partial charge in [0, 0.05) is 24.3 Å². The van der Waals surface area contributed by atoms with Crippen molar-refractivity contribution in [2.24, 2.45) is 0 Å². The molecule has 1 saturated carbocycles. The van der Waals surface area contributed by atoms with Gasteiger partial charge in [0.1, 0.15) is 0 Å². The molecule has 1 aliphatic carbocycles. The first kappa shape index (κ1) is 32.8. The van der Waals surface area contributed by atoms with E-state index < -0.39 is 19.7 Å². The van der Waals surface area contributed by atoms with Gasteiger partial charge in [0.05, 0.1) is 34.0 Å². The lowest BCUT2D eigenvalue weighted by Crippen LogP contribution is -2.18. The van der Waals surface area contributed by atoms with Crippen molar-refractivity contribution >= 4 is 43.1 Å². The summed E-state index contributed by atoms with van der Waals surface area (Å²) in [6, 6.07) is 19.6. The van der Waals surface area contributed by atoms with Crippen LogP contribution >= 0.6 is 0 Å². The number of sulfone groups is 2. The summed E-state index contributed by atoms with van der Waals surface area (Å²) in [6.45, 7) is 0. The monoisotopic (exact) mass is 662 g/mol. The number of anilines is 2. The summed E-state index contributed by atoms with van der Waals surface area (Å²) in [5.74, 6) is 0.438. The number of hydrogen-bond donors (Lipinski definition) is 2. The fourth-order valence-corrected chi connectivity index (χ4v) is 6.70. The molecule has 2 atom stereocenters. The Morgan fingerprint density at radius 3 is 1.33 bits per heavy atom. The van der Waals surface area contributed by atoms with Gasteiger partial charge in [-0.05, 0) is 78.9 Å². The Hall–Kier alpha value is -4.56. The van der Waals surface area contributed by atoms with Gasteiger partial charge in [0.2, 0.25) is 11.8 Å². The van der Waals surface area contributed by atoms with Crippen LogP contribution in [0.1, 0.15) is 60.0 Å². The number of rotatable bonds is 10. The highest BCUT2D eigenvalue weighted by molar-refractivity contribution is 7.91. The molecule has 5 rings (SSSR count). The minimum absolute atomic E-state index is 0.0718. The van der Waals surface area contributed by atoms with E-state index in [0.29, 0.717) is 22.8 Å². The number of carbonyl (C=O) groups excluding carboxylic acids is 2. The molecule has 46 heavy (non-hydrogen) atoms. The predicted octanol–water partition coefficient (Wildman–Crippen LogP) is 3.88. The molecular formula is C32H34N6O6S2. The molecule has 4 aromatic rings. The maximum atomic E-state index is 12.5. The zero-order valence-electron chi connectivity index (χ0n) is 25.4. The first-order chi connectivity index (χ1) is 21.8. The van der Waals surface area contributed by atoms with Gasteiger partial charge >= 0.3 is 0 Å². The first-order valence-corrected chi connectivity index (χ1v) is 18.5. The average molecular weight is 663 g/mol. The fraction of sp³-hybridized carbons (Fsp3) is 0.312. The van der Waals surface area contributed by atoms with Gasteiger partial charge in [0.15, 0.2) is 31.3 Å². The van der Waals surface area contributed by atoms with Crippen molar-refractivity contribution in [3.05, 3.63) is 95.3 Å². The molecular weight excluding hydrogens is 629 g/mol. The summed E-state index contributed by atoms with van der Waals surface area (Å²) in [7, 11) is -6.60. The van der Waals surface area contributed by atoms with Gasteiger partial charge in [-0.3, -0.25) is 9.59 Å². The Balaban J connectivity index is 1.12. The van der Waals surface area contributed by atoms with E-state index in [1.54, 1.807) is 36.4 Å². The fourth-order valence-electron chi connectivity index (χ4n) is 5.43.